The third kappa shape index (κ3) is 3.10. The third-order valence-corrected chi connectivity index (χ3v) is 4.89. The van der Waals surface area contributed by atoms with E-state index in [1.165, 1.54) is 6.07 Å². The molecule has 0 aliphatic carbocycles. The van der Waals surface area contributed by atoms with Crippen LogP contribution < -0.4 is 14.5 Å². The first kappa shape index (κ1) is 17.1. The molecule has 7 heteroatoms. The van der Waals surface area contributed by atoms with Crippen LogP contribution in [0.3, 0.4) is 0 Å². The number of carbonyl (C=O) groups is 1. The van der Waals surface area contributed by atoms with Crippen LogP contribution in [0, 0.1) is 5.82 Å². The molecule has 0 saturated carbocycles. The fourth-order valence-electron chi connectivity index (χ4n) is 3.28. The van der Waals surface area contributed by atoms with E-state index >= 15 is 0 Å². The molecule has 26 heavy (non-hydrogen) atoms. The summed E-state index contributed by atoms with van der Waals surface area (Å²) < 4.78 is 25.5. The van der Waals surface area contributed by atoms with Crippen LogP contribution >= 0.6 is 11.6 Å². The van der Waals surface area contributed by atoms with Crippen LogP contribution in [0.4, 0.5) is 15.8 Å². The number of para-hydroxylation sites is 1. The van der Waals surface area contributed by atoms with Crippen molar-refractivity contribution in [1.29, 1.82) is 0 Å². The van der Waals surface area contributed by atoms with Gasteiger partial charge in [-0.05, 0) is 30.3 Å². The summed E-state index contributed by atoms with van der Waals surface area (Å²) in [6, 6.07) is 9.87. The summed E-state index contributed by atoms with van der Waals surface area (Å²) in [6.07, 6.45) is 0. The van der Waals surface area contributed by atoms with Crippen molar-refractivity contribution in [2.24, 2.45) is 0 Å². The molecule has 0 unspecified atom stereocenters. The highest BCUT2D eigenvalue weighted by molar-refractivity contribution is 6.32. The summed E-state index contributed by atoms with van der Waals surface area (Å²) in [5, 5.41) is 0.453. The van der Waals surface area contributed by atoms with Gasteiger partial charge in [0.25, 0.3) is 5.91 Å². The van der Waals surface area contributed by atoms with E-state index in [2.05, 4.69) is 0 Å². The molecule has 4 rings (SSSR count). The van der Waals surface area contributed by atoms with E-state index in [-0.39, 0.29) is 5.91 Å². The average Bonchev–Trinajstić information content (AvgIpc) is 2.68. The number of rotatable bonds is 2. The van der Waals surface area contributed by atoms with Gasteiger partial charge in [-0.25, -0.2) is 4.39 Å². The smallest absolute Gasteiger partial charge is 0.258 e. The number of nitrogens with zero attached hydrogens (tertiary/aromatic N) is 2. The zero-order chi connectivity index (χ0) is 18.1. The topological polar surface area (TPSA) is 42.0 Å². The van der Waals surface area contributed by atoms with Crippen molar-refractivity contribution in [2.75, 3.05) is 49.3 Å². The molecule has 0 bridgehead atoms. The minimum atomic E-state index is -0.405. The highest BCUT2D eigenvalue weighted by Gasteiger charge is 2.27. The van der Waals surface area contributed by atoms with E-state index in [0.717, 1.165) is 0 Å². The molecule has 0 atom stereocenters. The van der Waals surface area contributed by atoms with E-state index in [1.54, 1.807) is 35.2 Å². The van der Waals surface area contributed by atoms with E-state index in [4.69, 9.17) is 21.1 Å². The summed E-state index contributed by atoms with van der Waals surface area (Å²) in [7, 11) is 0. The molecular formula is C19H18ClFN2O3. The first-order valence-electron chi connectivity index (χ1n) is 8.50. The maximum absolute atomic E-state index is 14.6. The number of carbonyl (C=O) groups excluding carboxylic acids is 1. The lowest BCUT2D eigenvalue weighted by Crippen LogP contribution is -2.38. The van der Waals surface area contributed by atoms with Crippen molar-refractivity contribution in [3.8, 4) is 5.75 Å². The van der Waals surface area contributed by atoms with Gasteiger partial charge in [0.2, 0.25) is 0 Å². The zero-order valence-electron chi connectivity index (χ0n) is 14.1. The number of hydrogen-bond acceptors (Lipinski definition) is 4. The number of anilines is 2. The first-order chi connectivity index (χ1) is 12.6. The molecule has 1 saturated heterocycles. The van der Waals surface area contributed by atoms with E-state index in [1.807, 2.05) is 4.90 Å². The van der Waals surface area contributed by atoms with Gasteiger partial charge in [-0.3, -0.25) is 4.79 Å². The van der Waals surface area contributed by atoms with Crippen molar-refractivity contribution in [2.45, 2.75) is 0 Å². The second kappa shape index (κ2) is 7.13. The number of benzene rings is 2. The Balaban J connectivity index is 1.61. The Labute approximate surface area is 155 Å². The summed E-state index contributed by atoms with van der Waals surface area (Å²) in [6.45, 7) is 3.16. The van der Waals surface area contributed by atoms with Crippen LogP contribution in [0.1, 0.15) is 10.4 Å². The molecule has 0 aromatic heterocycles. The minimum absolute atomic E-state index is 0.274. The predicted octanol–water partition coefficient (Wildman–Crippen LogP) is 3.35. The summed E-state index contributed by atoms with van der Waals surface area (Å²) in [5.41, 5.74) is 1.40. The van der Waals surface area contributed by atoms with Gasteiger partial charge in [0.1, 0.15) is 12.4 Å². The molecule has 5 nitrogen and oxygen atoms in total. The molecule has 0 N–H and O–H groups in total. The molecule has 2 aliphatic rings. The summed E-state index contributed by atoms with van der Waals surface area (Å²) in [4.78, 5) is 16.4. The van der Waals surface area contributed by atoms with E-state index in [9.17, 15) is 9.18 Å². The molecule has 136 valence electrons. The number of hydrogen-bond donors (Lipinski definition) is 0. The fraction of sp³-hybridized carbons (Fsp3) is 0.316. The van der Waals surface area contributed by atoms with Gasteiger partial charge in [0.05, 0.1) is 36.2 Å². The number of ether oxygens (including phenoxy) is 2. The standard InChI is InChI=1S/C19H18ClFN2O3/c20-14-2-1-3-17-18(14)26-11-8-23(17)19(24)13-4-5-16(15(21)12-13)22-6-9-25-10-7-22/h1-5,12H,6-11H2. The maximum Gasteiger partial charge on any atom is 0.258 e. The molecule has 2 aromatic rings. The van der Waals surface area contributed by atoms with Gasteiger partial charge in [0.15, 0.2) is 5.75 Å². The van der Waals surface area contributed by atoms with E-state index in [0.29, 0.717) is 67.2 Å². The summed E-state index contributed by atoms with van der Waals surface area (Å²) >= 11 is 6.15. The Kier molecular flexibility index (Phi) is 4.70. The highest BCUT2D eigenvalue weighted by atomic mass is 35.5. The van der Waals surface area contributed by atoms with Crippen LogP contribution in [0.2, 0.25) is 5.02 Å². The van der Waals surface area contributed by atoms with Crippen molar-refractivity contribution >= 4 is 28.9 Å². The first-order valence-corrected chi connectivity index (χ1v) is 8.88. The van der Waals surface area contributed by atoms with Crippen LogP contribution in [0.15, 0.2) is 36.4 Å². The largest absolute Gasteiger partial charge is 0.488 e. The normalized spacial score (nSPS) is 16.8. The Bertz CT molecular complexity index is 840. The van der Waals surface area contributed by atoms with Crippen LogP contribution in [0.5, 0.6) is 5.75 Å². The molecule has 0 spiro atoms. The predicted molar refractivity (Wildman–Crippen MR) is 98.1 cm³/mol. The average molecular weight is 377 g/mol. The Hall–Kier alpha value is -2.31. The quantitative estimate of drug-likeness (QED) is 0.806. The van der Waals surface area contributed by atoms with Crippen molar-refractivity contribution in [3.63, 3.8) is 0 Å². The Morgan fingerprint density at radius 3 is 2.62 bits per heavy atom. The second-order valence-electron chi connectivity index (χ2n) is 6.16. The van der Waals surface area contributed by atoms with Crippen LogP contribution in [0.25, 0.3) is 0 Å². The SMILES string of the molecule is O=C(c1ccc(N2CCOCC2)c(F)c1)N1CCOc2c(Cl)cccc21. The van der Waals surface area contributed by atoms with Crippen LogP contribution in [-0.4, -0.2) is 45.4 Å². The Morgan fingerprint density at radius 2 is 1.85 bits per heavy atom. The molecular weight excluding hydrogens is 359 g/mol. The molecule has 0 radical (unpaired) electrons. The number of morpholine rings is 1. The van der Waals surface area contributed by atoms with Crippen molar-refractivity contribution in [3.05, 3.63) is 52.8 Å². The highest BCUT2D eigenvalue weighted by Crippen LogP contribution is 2.38. The molecule has 2 heterocycles. The summed E-state index contributed by atoms with van der Waals surface area (Å²) in [5.74, 6) is -0.194. The van der Waals surface area contributed by atoms with Crippen molar-refractivity contribution < 1.29 is 18.7 Å². The van der Waals surface area contributed by atoms with Gasteiger partial charge < -0.3 is 19.3 Å². The van der Waals surface area contributed by atoms with Gasteiger partial charge >= 0.3 is 0 Å². The zero-order valence-corrected chi connectivity index (χ0v) is 14.8. The van der Waals surface area contributed by atoms with E-state index < -0.39 is 5.82 Å². The van der Waals surface area contributed by atoms with Gasteiger partial charge in [-0.2, -0.15) is 0 Å². The number of fused-ring (bicyclic) bond motifs is 1. The lowest BCUT2D eigenvalue weighted by atomic mass is 10.1. The van der Waals surface area contributed by atoms with Gasteiger partial charge in [0, 0.05) is 18.7 Å². The van der Waals surface area contributed by atoms with Gasteiger partial charge in [-0.15, -0.1) is 0 Å². The lowest BCUT2D eigenvalue weighted by molar-refractivity contribution is 0.0976. The second-order valence-corrected chi connectivity index (χ2v) is 6.57. The molecule has 1 fully saturated rings. The maximum atomic E-state index is 14.6. The molecule has 1 amide bonds. The monoisotopic (exact) mass is 376 g/mol. The fourth-order valence-corrected chi connectivity index (χ4v) is 3.50. The van der Waals surface area contributed by atoms with Gasteiger partial charge in [-0.1, -0.05) is 17.7 Å². The third-order valence-electron chi connectivity index (χ3n) is 4.59. The minimum Gasteiger partial charge on any atom is -0.488 e. The number of amides is 1. The molecule has 2 aliphatic heterocycles. The lowest BCUT2D eigenvalue weighted by Gasteiger charge is -2.31. The molecule has 2 aromatic carbocycles. The number of halogens is 2. The van der Waals surface area contributed by atoms with Crippen LogP contribution in [-0.2, 0) is 4.74 Å². The Morgan fingerprint density at radius 1 is 1.04 bits per heavy atom. The van der Waals surface area contributed by atoms with Crippen molar-refractivity contribution in [1.82, 2.24) is 0 Å².